The lowest BCUT2D eigenvalue weighted by molar-refractivity contribution is -0.192. The van der Waals surface area contributed by atoms with Gasteiger partial charge in [-0.15, -0.1) is 0 Å². The molecule has 2 aromatic rings. The number of aromatic nitrogens is 4. The lowest BCUT2D eigenvalue weighted by atomic mass is 10.2. The maximum Gasteiger partial charge on any atom is 0.490 e. The number of aliphatic carboxylic acids is 1. The maximum atomic E-state index is 10.6. The van der Waals surface area contributed by atoms with E-state index in [9.17, 15) is 13.2 Å². The number of rotatable bonds is 4. The van der Waals surface area contributed by atoms with Crippen LogP contribution in [-0.4, -0.2) is 54.6 Å². The normalized spacial score (nSPS) is 19.9. The molecule has 1 saturated carbocycles. The number of hydrogen-bond donors (Lipinski definition) is 1. The fraction of sp³-hybridized carbons (Fsp3) is 0.588. The Hall–Kier alpha value is -2.36. The third-order valence-electron chi connectivity index (χ3n) is 4.82. The lowest BCUT2D eigenvalue weighted by Crippen LogP contribution is -2.38. The first-order valence-corrected chi connectivity index (χ1v) is 8.81. The van der Waals surface area contributed by atoms with Crippen LogP contribution in [0.3, 0.4) is 0 Å². The van der Waals surface area contributed by atoms with Gasteiger partial charge in [0.25, 0.3) is 0 Å². The van der Waals surface area contributed by atoms with Crippen molar-refractivity contribution in [1.82, 2.24) is 24.2 Å². The highest BCUT2D eigenvalue weighted by Crippen LogP contribution is 2.34. The summed E-state index contributed by atoms with van der Waals surface area (Å²) in [7, 11) is 0. The summed E-state index contributed by atoms with van der Waals surface area (Å²) < 4.78 is 36.1. The van der Waals surface area contributed by atoms with Crippen molar-refractivity contribution in [3.8, 4) is 0 Å². The zero-order valence-electron chi connectivity index (χ0n) is 14.9. The number of halogens is 3. The molecule has 4 rings (SSSR count). The van der Waals surface area contributed by atoms with Crippen molar-refractivity contribution in [2.45, 2.75) is 45.1 Å². The predicted molar refractivity (Wildman–Crippen MR) is 90.0 cm³/mol. The minimum Gasteiger partial charge on any atom is -0.475 e. The second-order valence-electron chi connectivity index (χ2n) is 6.88. The van der Waals surface area contributed by atoms with E-state index in [1.165, 1.54) is 30.9 Å². The van der Waals surface area contributed by atoms with E-state index in [0.29, 0.717) is 6.04 Å². The summed E-state index contributed by atoms with van der Waals surface area (Å²) in [5, 5.41) is 11.4. The van der Waals surface area contributed by atoms with Gasteiger partial charge in [0.05, 0.1) is 24.5 Å². The average molecular weight is 385 g/mol. The largest absolute Gasteiger partial charge is 0.490 e. The molecule has 0 bridgehead atoms. The van der Waals surface area contributed by atoms with E-state index in [2.05, 4.69) is 26.5 Å². The molecule has 1 atom stereocenters. The predicted octanol–water partition coefficient (Wildman–Crippen LogP) is 2.55. The van der Waals surface area contributed by atoms with Crippen LogP contribution in [0.1, 0.15) is 37.3 Å². The summed E-state index contributed by atoms with van der Waals surface area (Å²) in [6.45, 7) is 6.56. The van der Waals surface area contributed by atoms with Crippen molar-refractivity contribution in [3.63, 3.8) is 0 Å². The van der Waals surface area contributed by atoms with Gasteiger partial charge < -0.3 is 9.67 Å². The van der Waals surface area contributed by atoms with Crippen LogP contribution in [0.2, 0.25) is 0 Å². The van der Waals surface area contributed by atoms with Gasteiger partial charge in [-0.2, -0.15) is 18.3 Å². The molecule has 148 valence electrons. The molecule has 1 fully saturated rings. The van der Waals surface area contributed by atoms with E-state index < -0.39 is 12.1 Å². The van der Waals surface area contributed by atoms with Gasteiger partial charge in [-0.05, 0) is 31.7 Å². The molecule has 3 heterocycles. The van der Waals surface area contributed by atoms with E-state index in [1.54, 1.807) is 0 Å². The summed E-state index contributed by atoms with van der Waals surface area (Å²) in [5.41, 5.74) is 1.27. The van der Waals surface area contributed by atoms with Crippen molar-refractivity contribution in [2.75, 3.05) is 13.1 Å². The minimum absolute atomic E-state index is 0.440. The van der Waals surface area contributed by atoms with Crippen LogP contribution in [0.25, 0.3) is 0 Å². The molecular formula is C17H22F3N5O2. The Morgan fingerprint density at radius 2 is 2.04 bits per heavy atom. The van der Waals surface area contributed by atoms with Gasteiger partial charge in [0.1, 0.15) is 5.82 Å². The van der Waals surface area contributed by atoms with E-state index in [0.717, 1.165) is 25.6 Å². The van der Waals surface area contributed by atoms with Gasteiger partial charge in [-0.1, -0.05) is 0 Å². The molecule has 0 radical (unpaired) electrons. The molecule has 1 unspecified atom stereocenters. The van der Waals surface area contributed by atoms with Gasteiger partial charge in [-0.3, -0.25) is 9.58 Å². The summed E-state index contributed by atoms with van der Waals surface area (Å²) in [6.07, 6.45) is 3.61. The summed E-state index contributed by atoms with van der Waals surface area (Å²) in [5.74, 6) is -0.589. The van der Waals surface area contributed by atoms with Crippen molar-refractivity contribution < 1.29 is 23.1 Å². The molecule has 0 saturated heterocycles. The number of carbonyl (C=O) groups is 1. The number of carboxylic acid groups (broad SMARTS) is 1. The van der Waals surface area contributed by atoms with E-state index in [1.807, 2.05) is 29.3 Å². The van der Waals surface area contributed by atoms with Crippen molar-refractivity contribution >= 4 is 5.97 Å². The van der Waals surface area contributed by atoms with Crippen LogP contribution in [0, 0.1) is 5.92 Å². The highest BCUT2D eigenvalue weighted by atomic mass is 19.4. The number of imidazole rings is 1. The van der Waals surface area contributed by atoms with Crippen molar-refractivity contribution in [3.05, 3.63) is 36.2 Å². The van der Waals surface area contributed by atoms with Crippen LogP contribution in [-0.2, 0) is 17.9 Å². The average Bonchev–Trinajstić information content (AvgIpc) is 3.10. The lowest BCUT2D eigenvalue weighted by Gasteiger charge is -2.34. The molecule has 0 aromatic carbocycles. The number of fused-ring (bicyclic) bond motifs is 1. The monoisotopic (exact) mass is 385 g/mol. The first kappa shape index (κ1) is 19.4. The molecule has 2 aliphatic rings. The minimum atomic E-state index is -5.08. The number of carboxylic acids is 1. The molecule has 0 amide bonds. The van der Waals surface area contributed by atoms with Crippen LogP contribution in [0.5, 0.6) is 0 Å². The Labute approximate surface area is 154 Å². The number of hydrogen-bond acceptors (Lipinski definition) is 4. The Morgan fingerprint density at radius 1 is 1.33 bits per heavy atom. The second-order valence-corrected chi connectivity index (χ2v) is 6.88. The van der Waals surface area contributed by atoms with E-state index in [4.69, 9.17) is 9.90 Å². The number of alkyl halides is 3. The molecule has 10 heteroatoms. The van der Waals surface area contributed by atoms with Crippen molar-refractivity contribution in [2.24, 2.45) is 5.92 Å². The highest BCUT2D eigenvalue weighted by molar-refractivity contribution is 5.73. The topological polar surface area (TPSA) is 76.2 Å². The first-order chi connectivity index (χ1) is 12.8. The second kappa shape index (κ2) is 7.71. The molecule has 7 nitrogen and oxygen atoms in total. The Kier molecular flexibility index (Phi) is 5.54. The van der Waals surface area contributed by atoms with Gasteiger partial charge in [0.15, 0.2) is 0 Å². The fourth-order valence-electron chi connectivity index (χ4n) is 3.17. The quantitative estimate of drug-likeness (QED) is 0.875. The number of nitrogens with zero attached hydrogens (tertiary/aromatic N) is 5. The van der Waals surface area contributed by atoms with Crippen LogP contribution in [0.4, 0.5) is 13.2 Å². The van der Waals surface area contributed by atoms with Gasteiger partial charge in [0.2, 0.25) is 0 Å². The molecule has 2 aromatic heterocycles. The molecule has 1 aliphatic heterocycles. The van der Waals surface area contributed by atoms with Crippen LogP contribution >= 0.6 is 0 Å². The third kappa shape index (κ3) is 4.88. The Morgan fingerprint density at radius 3 is 2.59 bits per heavy atom. The van der Waals surface area contributed by atoms with Gasteiger partial charge >= 0.3 is 12.1 Å². The summed E-state index contributed by atoms with van der Waals surface area (Å²) >= 11 is 0. The van der Waals surface area contributed by atoms with Crippen LogP contribution < -0.4 is 0 Å². The summed E-state index contributed by atoms with van der Waals surface area (Å²) in [6, 6.07) is 2.41. The van der Waals surface area contributed by atoms with E-state index >= 15 is 0 Å². The van der Waals surface area contributed by atoms with Gasteiger partial charge in [-0.25, -0.2) is 9.78 Å². The zero-order valence-corrected chi connectivity index (χ0v) is 14.9. The van der Waals surface area contributed by atoms with Crippen molar-refractivity contribution in [1.29, 1.82) is 0 Å². The smallest absolute Gasteiger partial charge is 0.475 e. The molecule has 27 heavy (non-hydrogen) atoms. The van der Waals surface area contributed by atoms with Gasteiger partial charge in [0, 0.05) is 32.0 Å². The molecule has 1 aliphatic carbocycles. The molecular weight excluding hydrogens is 363 g/mol. The summed E-state index contributed by atoms with van der Waals surface area (Å²) in [4.78, 5) is 16.2. The van der Waals surface area contributed by atoms with E-state index in [-0.39, 0.29) is 0 Å². The standard InChI is InChI=1S/C15H21N5.C2HF3O2/c1-12-15-16-9-14(11-19-6-2-5-17-19)20(15)8-7-18(12)10-13-3-4-13;3-2(4,5)1(6)7/h2,5-6,9,12-13H,3-4,7-8,10-11H2,1H3;(H,6,7). The fourth-order valence-corrected chi connectivity index (χ4v) is 3.17. The zero-order chi connectivity index (χ0) is 19.6. The first-order valence-electron chi connectivity index (χ1n) is 8.81. The Balaban J connectivity index is 0.000000260. The van der Waals surface area contributed by atoms with Crippen LogP contribution in [0.15, 0.2) is 24.7 Å². The molecule has 1 N–H and O–H groups in total. The third-order valence-corrected chi connectivity index (χ3v) is 4.82. The maximum absolute atomic E-state index is 10.6. The highest BCUT2D eigenvalue weighted by Gasteiger charge is 2.38. The SMILES string of the molecule is CC1c2ncc(Cn3cccn3)n2CCN1CC1CC1.O=C(O)C(F)(F)F. The molecule has 0 spiro atoms. The Bertz CT molecular complexity index is 768.